The fourth-order valence-electron chi connectivity index (χ4n) is 1.41. The first-order valence-electron chi connectivity index (χ1n) is 5.22. The van der Waals surface area contributed by atoms with Crippen molar-refractivity contribution in [2.24, 2.45) is 0 Å². The highest BCUT2D eigenvalue weighted by molar-refractivity contribution is 5.47. The molecule has 0 aliphatic carbocycles. The van der Waals surface area contributed by atoms with Gasteiger partial charge in [-0.1, -0.05) is 30.0 Å². The van der Waals surface area contributed by atoms with Gasteiger partial charge in [0, 0.05) is 12.0 Å². The summed E-state index contributed by atoms with van der Waals surface area (Å²) in [6, 6.07) is 9.91. The van der Waals surface area contributed by atoms with Crippen molar-refractivity contribution in [3.05, 3.63) is 35.4 Å². The van der Waals surface area contributed by atoms with E-state index in [4.69, 9.17) is 10.4 Å². The molecule has 1 aromatic carbocycles. The second kappa shape index (κ2) is 5.35. The predicted octanol–water partition coefficient (Wildman–Crippen LogP) is 2.22. The van der Waals surface area contributed by atoms with Crippen molar-refractivity contribution in [2.45, 2.75) is 25.7 Å². The van der Waals surface area contributed by atoms with Gasteiger partial charge in [-0.15, -0.1) is 0 Å². The molecule has 0 spiro atoms. The van der Waals surface area contributed by atoms with Crippen molar-refractivity contribution < 1.29 is 5.11 Å². The molecular weight excluding hydrogens is 198 g/mol. The molecule has 0 aliphatic rings. The molecule has 1 N–H and O–H groups in total. The molecule has 1 aromatic rings. The Bertz CT molecular complexity index is 458. The van der Waals surface area contributed by atoms with Gasteiger partial charge < -0.3 is 5.11 Å². The van der Waals surface area contributed by atoms with Crippen molar-refractivity contribution in [1.29, 1.82) is 5.26 Å². The van der Waals surface area contributed by atoms with Gasteiger partial charge in [0.2, 0.25) is 0 Å². The second-order valence-corrected chi connectivity index (χ2v) is 4.06. The van der Waals surface area contributed by atoms with E-state index in [9.17, 15) is 0 Å². The monoisotopic (exact) mass is 213 g/mol. The Morgan fingerprint density at radius 3 is 2.62 bits per heavy atom. The van der Waals surface area contributed by atoms with Crippen molar-refractivity contribution in [2.75, 3.05) is 6.61 Å². The Morgan fingerprint density at radius 2 is 2.00 bits per heavy atom. The van der Waals surface area contributed by atoms with E-state index in [0.29, 0.717) is 6.42 Å². The van der Waals surface area contributed by atoms with Crippen LogP contribution in [0.3, 0.4) is 0 Å². The minimum Gasteiger partial charge on any atom is -0.395 e. The lowest BCUT2D eigenvalue weighted by Crippen LogP contribution is -2.15. The minimum absolute atomic E-state index is 0.0663. The van der Waals surface area contributed by atoms with Crippen LogP contribution in [0.1, 0.15) is 31.4 Å². The summed E-state index contributed by atoms with van der Waals surface area (Å²) in [5.41, 5.74) is 1.26. The number of nitriles is 1. The van der Waals surface area contributed by atoms with Gasteiger partial charge in [0.25, 0.3) is 0 Å². The molecule has 16 heavy (non-hydrogen) atoms. The highest BCUT2D eigenvalue weighted by Gasteiger charge is 2.21. The Hall–Kier alpha value is -1.77. The number of benzene rings is 1. The zero-order valence-corrected chi connectivity index (χ0v) is 9.62. The quantitative estimate of drug-likeness (QED) is 0.765. The van der Waals surface area contributed by atoms with E-state index in [1.807, 2.05) is 38.1 Å². The second-order valence-electron chi connectivity index (χ2n) is 4.06. The smallest absolute Gasteiger partial charge is 0.0778 e. The number of aliphatic hydroxyl groups excluding tert-OH is 1. The molecule has 82 valence electrons. The first kappa shape index (κ1) is 12.3. The third kappa shape index (κ3) is 2.86. The van der Waals surface area contributed by atoms with Gasteiger partial charge in [0.15, 0.2) is 0 Å². The molecule has 2 heteroatoms. The number of aliphatic hydroxyl groups is 1. The van der Waals surface area contributed by atoms with Crippen LogP contribution in [-0.4, -0.2) is 11.7 Å². The zero-order valence-electron chi connectivity index (χ0n) is 9.62. The van der Waals surface area contributed by atoms with Gasteiger partial charge in [-0.25, -0.2) is 0 Å². The van der Waals surface area contributed by atoms with Gasteiger partial charge in [-0.2, -0.15) is 5.26 Å². The highest BCUT2D eigenvalue weighted by atomic mass is 16.2. The molecule has 0 fully saturated rings. The first-order chi connectivity index (χ1) is 7.61. The van der Waals surface area contributed by atoms with Crippen LogP contribution in [0, 0.1) is 23.2 Å². The van der Waals surface area contributed by atoms with Gasteiger partial charge in [-0.05, 0) is 25.5 Å². The lowest BCUT2D eigenvalue weighted by atomic mass is 9.83. The molecule has 0 amide bonds. The van der Waals surface area contributed by atoms with Crippen molar-refractivity contribution in [1.82, 2.24) is 0 Å². The standard InChI is InChI=1S/C14H15NO/c1-14(2,11-15)13-9-4-3-7-12(13)8-5-6-10-16/h3-4,7,9,16H,6,10H2,1-2H3. The van der Waals surface area contributed by atoms with Crippen LogP contribution in [0.4, 0.5) is 0 Å². The molecule has 0 atom stereocenters. The molecule has 0 unspecified atom stereocenters. The Kier molecular flexibility index (Phi) is 4.11. The molecule has 0 bridgehead atoms. The molecule has 1 rings (SSSR count). The van der Waals surface area contributed by atoms with Crippen molar-refractivity contribution >= 4 is 0 Å². The molecule has 2 nitrogen and oxygen atoms in total. The summed E-state index contributed by atoms with van der Waals surface area (Å²) in [6.45, 7) is 3.82. The highest BCUT2D eigenvalue weighted by Crippen LogP contribution is 2.24. The molecule has 0 radical (unpaired) electrons. The van der Waals surface area contributed by atoms with Crippen LogP contribution < -0.4 is 0 Å². The average Bonchev–Trinajstić information content (AvgIpc) is 2.30. The Morgan fingerprint density at radius 1 is 1.31 bits per heavy atom. The molecule has 0 heterocycles. The fraction of sp³-hybridized carbons (Fsp3) is 0.357. The largest absolute Gasteiger partial charge is 0.395 e. The fourth-order valence-corrected chi connectivity index (χ4v) is 1.41. The third-order valence-corrected chi connectivity index (χ3v) is 2.34. The van der Waals surface area contributed by atoms with Gasteiger partial charge in [-0.3, -0.25) is 0 Å². The van der Waals surface area contributed by atoms with Crippen LogP contribution in [0.2, 0.25) is 0 Å². The lowest BCUT2D eigenvalue weighted by molar-refractivity contribution is 0.305. The molecule has 0 saturated carbocycles. The lowest BCUT2D eigenvalue weighted by Gasteiger charge is -2.17. The maximum atomic E-state index is 9.11. The van der Waals surface area contributed by atoms with Crippen molar-refractivity contribution in [3.8, 4) is 17.9 Å². The summed E-state index contributed by atoms with van der Waals surface area (Å²) in [7, 11) is 0. The zero-order chi connectivity index (χ0) is 12.0. The normalized spacial score (nSPS) is 10.1. The third-order valence-electron chi connectivity index (χ3n) is 2.34. The van der Waals surface area contributed by atoms with Crippen molar-refractivity contribution in [3.63, 3.8) is 0 Å². The number of hydrogen-bond acceptors (Lipinski definition) is 2. The average molecular weight is 213 g/mol. The van der Waals surface area contributed by atoms with E-state index in [0.717, 1.165) is 11.1 Å². The number of rotatable bonds is 2. The summed E-state index contributed by atoms with van der Waals surface area (Å²) >= 11 is 0. The SMILES string of the molecule is CC(C)(C#N)c1ccccc1C#CCCO. The van der Waals surface area contributed by atoms with E-state index in [2.05, 4.69) is 17.9 Å². The topological polar surface area (TPSA) is 44.0 Å². The van der Waals surface area contributed by atoms with Crippen LogP contribution in [0.15, 0.2) is 24.3 Å². The van der Waals surface area contributed by atoms with E-state index in [1.54, 1.807) is 0 Å². The first-order valence-corrected chi connectivity index (χ1v) is 5.22. The van der Waals surface area contributed by atoms with E-state index in [-0.39, 0.29) is 6.61 Å². The van der Waals surface area contributed by atoms with Crippen LogP contribution in [-0.2, 0) is 5.41 Å². The summed E-state index contributed by atoms with van der Waals surface area (Å²) in [6.07, 6.45) is 0.460. The summed E-state index contributed by atoms with van der Waals surface area (Å²) < 4.78 is 0. The van der Waals surface area contributed by atoms with Gasteiger partial charge in [0.1, 0.15) is 0 Å². The Balaban J connectivity index is 3.13. The molecule has 0 aliphatic heterocycles. The number of nitrogens with zero attached hydrogens (tertiary/aromatic N) is 1. The maximum Gasteiger partial charge on any atom is 0.0778 e. The van der Waals surface area contributed by atoms with Gasteiger partial charge >= 0.3 is 0 Å². The summed E-state index contributed by atoms with van der Waals surface area (Å²) in [4.78, 5) is 0. The Labute approximate surface area is 96.5 Å². The molecular formula is C14H15NO. The summed E-state index contributed by atoms with van der Waals surface area (Å²) in [5, 5.41) is 17.8. The minimum atomic E-state index is -0.537. The number of hydrogen-bond donors (Lipinski definition) is 1. The van der Waals surface area contributed by atoms with E-state index < -0.39 is 5.41 Å². The van der Waals surface area contributed by atoms with Crippen LogP contribution in [0.25, 0.3) is 0 Å². The maximum absolute atomic E-state index is 9.11. The van der Waals surface area contributed by atoms with E-state index in [1.165, 1.54) is 0 Å². The molecule has 0 saturated heterocycles. The predicted molar refractivity (Wildman–Crippen MR) is 63.7 cm³/mol. The summed E-state index contributed by atoms with van der Waals surface area (Å²) in [5.74, 6) is 5.87. The molecule has 0 aromatic heterocycles. The van der Waals surface area contributed by atoms with Crippen LogP contribution >= 0.6 is 0 Å². The van der Waals surface area contributed by atoms with Gasteiger partial charge in [0.05, 0.1) is 18.1 Å². The van der Waals surface area contributed by atoms with E-state index >= 15 is 0 Å². The van der Waals surface area contributed by atoms with Crippen LogP contribution in [0.5, 0.6) is 0 Å².